The van der Waals surface area contributed by atoms with Gasteiger partial charge in [0.25, 0.3) is 5.91 Å². The van der Waals surface area contributed by atoms with Gasteiger partial charge in [0.15, 0.2) is 0 Å². The quantitative estimate of drug-likeness (QED) is 0.849. The number of nitrogens with zero attached hydrogens (tertiary/aromatic N) is 4. The number of aromatic nitrogens is 2. The molecule has 2 aromatic rings. The van der Waals surface area contributed by atoms with E-state index in [1.807, 2.05) is 11.8 Å². The fourth-order valence-corrected chi connectivity index (χ4v) is 4.22. The maximum atomic E-state index is 14.0. The Morgan fingerprint density at radius 3 is 2.50 bits per heavy atom. The third-order valence-electron chi connectivity index (χ3n) is 5.76. The molecule has 1 saturated heterocycles. The van der Waals surface area contributed by atoms with Crippen LogP contribution in [0, 0.1) is 12.7 Å². The zero-order valence-corrected chi connectivity index (χ0v) is 15.2. The molecule has 1 amide bonds. The Kier molecular flexibility index (Phi) is 4.76. The van der Waals surface area contributed by atoms with E-state index in [4.69, 9.17) is 0 Å². The molecule has 2 heterocycles. The molecule has 0 radical (unpaired) electrons. The highest BCUT2D eigenvalue weighted by molar-refractivity contribution is 5.95. The molecule has 1 aromatic carbocycles. The first-order valence-corrected chi connectivity index (χ1v) is 9.48. The van der Waals surface area contributed by atoms with Gasteiger partial charge in [-0.15, -0.1) is 0 Å². The highest BCUT2D eigenvalue weighted by Gasteiger charge is 2.29. The Labute approximate surface area is 153 Å². The van der Waals surface area contributed by atoms with Crippen molar-refractivity contribution in [3.63, 3.8) is 0 Å². The minimum atomic E-state index is -0.345. The van der Waals surface area contributed by atoms with Crippen molar-refractivity contribution in [1.82, 2.24) is 19.6 Å². The molecule has 138 valence electrons. The standard InChI is InChI=1S/C20H25FN4O/c1-15-17(14-22-25(15)19-9-5-4-8-18(19)21)20(26)24-12-10-23(11-13-24)16-6-2-3-7-16/h4-5,8-9,14,16H,2-3,6-7,10-13H2,1H3. The van der Waals surface area contributed by atoms with Crippen molar-refractivity contribution in [3.05, 3.63) is 47.5 Å². The van der Waals surface area contributed by atoms with Crippen LogP contribution in [-0.2, 0) is 0 Å². The third kappa shape index (κ3) is 3.14. The number of hydrogen-bond donors (Lipinski definition) is 0. The number of hydrogen-bond acceptors (Lipinski definition) is 3. The molecule has 1 saturated carbocycles. The molecule has 1 aliphatic heterocycles. The van der Waals surface area contributed by atoms with E-state index in [1.165, 1.54) is 36.4 Å². The Hall–Kier alpha value is -2.21. The van der Waals surface area contributed by atoms with Gasteiger partial charge in [-0.25, -0.2) is 9.07 Å². The van der Waals surface area contributed by atoms with Gasteiger partial charge in [-0.2, -0.15) is 5.10 Å². The summed E-state index contributed by atoms with van der Waals surface area (Å²) < 4.78 is 15.6. The van der Waals surface area contributed by atoms with Crippen LogP contribution in [0.3, 0.4) is 0 Å². The van der Waals surface area contributed by atoms with Gasteiger partial charge in [0.1, 0.15) is 11.5 Å². The van der Waals surface area contributed by atoms with Gasteiger partial charge in [-0.1, -0.05) is 25.0 Å². The van der Waals surface area contributed by atoms with Gasteiger partial charge in [-0.05, 0) is 31.9 Å². The molecule has 4 rings (SSSR count). The van der Waals surface area contributed by atoms with E-state index >= 15 is 0 Å². The smallest absolute Gasteiger partial charge is 0.257 e. The van der Waals surface area contributed by atoms with Crippen LogP contribution in [0.2, 0.25) is 0 Å². The van der Waals surface area contributed by atoms with Gasteiger partial charge < -0.3 is 4.90 Å². The number of amides is 1. The number of carbonyl (C=O) groups is 1. The summed E-state index contributed by atoms with van der Waals surface area (Å²) in [4.78, 5) is 17.4. The number of halogens is 1. The first kappa shape index (κ1) is 17.2. The summed E-state index contributed by atoms with van der Waals surface area (Å²) in [6.07, 6.45) is 6.81. The average molecular weight is 356 g/mol. The summed E-state index contributed by atoms with van der Waals surface area (Å²) in [5, 5.41) is 4.26. The lowest BCUT2D eigenvalue weighted by atomic mass is 10.1. The average Bonchev–Trinajstić information content (AvgIpc) is 3.32. The second kappa shape index (κ2) is 7.19. The number of carbonyl (C=O) groups excluding carboxylic acids is 1. The molecule has 1 aromatic heterocycles. The summed E-state index contributed by atoms with van der Waals surface area (Å²) in [5.74, 6) is -0.348. The van der Waals surface area contributed by atoms with Crippen LogP contribution in [0.4, 0.5) is 4.39 Å². The van der Waals surface area contributed by atoms with Crippen molar-refractivity contribution in [2.45, 2.75) is 38.6 Å². The predicted molar refractivity (Wildman–Crippen MR) is 98.0 cm³/mol. The summed E-state index contributed by atoms with van der Waals surface area (Å²) in [7, 11) is 0. The highest BCUT2D eigenvalue weighted by atomic mass is 19.1. The van der Waals surface area contributed by atoms with E-state index in [0.717, 1.165) is 26.2 Å². The van der Waals surface area contributed by atoms with Crippen molar-refractivity contribution in [2.75, 3.05) is 26.2 Å². The van der Waals surface area contributed by atoms with Crippen LogP contribution in [0.15, 0.2) is 30.5 Å². The summed E-state index contributed by atoms with van der Waals surface area (Å²) in [6.45, 7) is 5.20. The second-order valence-corrected chi connectivity index (χ2v) is 7.27. The fourth-order valence-electron chi connectivity index (χ4n) is 4.22. The van der Waals surface area contributed by atoms with Crippen LogP contribution in [0.5, 0.6) is 0 Å². The van der Waals surface area contributed by atoms with Crippen LogP contribution < -0.4 is 0 Å². The number of rotatable bonds is 3. The Morgan fingerprint density at radius 1 is 1.12 bits per heavy atom. The van der Waals surface area contributed by atoms with E-state index in [0.29, 0.717) is 23.0 Å². The van der Waals surface area contributed by atoms with Crippen molar-refractivity contribution in [3.8, 4) is 5.69 Å². The maximum Gasteiger partial charge on any atom is 0.257 e. The summed E-state index contributed by atoms with van der Waals surface area (Å²) >= 11 is 0. The minimum Gasteiger partial charge on any atom is -0.336 e. The fraction of sp³-hybridized carbons (Fsp3) is 0.500. The van der Waals surface area contributed by atoms with Crippen LogP contribution >= 0.6 is 0 Å². The van der Waals surface area contributed by atoms with Crippen molar-refractivity contribution in [2.24, 2.45) is 0 Å². The molecule has 26 heavy (non-hydrogen) atoms. The zero-order valence-electron chi connectivity index (χ0n) is 15.2. The van der Waals surface area contributed by atoms with Crippen LogP contribution in [0.25, 0.3) is 5.69 Å². The lowest BCUT2D eigenvalue weighted by Gasteiger charge is -2.38. The van der Waals surface area contributed by atoms with Gasteiger partial charge in [0, 0.05) is 32.2 Å². The first-order valence-electron chi connectivity index (χ1n) is 9.48. The van der Waals surface area contributed by atoms with Gasteiger partial charge in [0.2, 0.25) is 0 Å². The Morgan fingerprint density at radius 2 is 1.81 bits per heavy atom. The van der Waals surface area contributed by atoms with Crippen molar-refractivity contribution < 1.29 is 9.18 Å². The molecule has 0 spiro atoms. The lowest BCUT2D eigenvalue weighted by molar-refractivity contribution is 0.0572. The second-order valence-electron chi connectivity index (χ2n) is 7.27. The molecule has 2 aliphatic rings. The van der Waals surface area contributed by atoms with E-state index in [-0.39, 0.29) is 11.7 Å². The number of para-hydroxylation sites is 1. The lowest BCUT2D eigenvalue weighted by Crippen LogP contribution is -2.51. The third-order valence-corrected chi connectivity index (χ3v) is 5.76. The predicted octanol–water partition coefficient (Wildman–Crippen LogP) is 3.02. The SMILES string of the molecule is Cc1c(C(=O)N2CCN(C3CCCC3)CC2)cnn1-c1ccccc1F. The minimum absolute atomic E-state index is 0.00355. The van der Waals surface area contributed by atoms with E-state index in [1.54, 1.807) is 24.4 Å². The molecule has 0 atom stereocenters. The number of benzene rings is 1. The molecule has 0 bridgehead atoms. The summed E-state index contributed by atoms with van der Waals surface area (Å²) in [6, 6.07) is 7.19. The maximum absolute atomic E-state index is 14.0. The van der Waals surface area contributed by atoms with E-state index < -0.39 is 0 Å². The normalized spacial score (nSPS) is 19.2. The Balaban J connectivity index is 1.47. The number of piperazine rings is 1. The molecule has 0 N–H and O–H groups in total. The monoisotopic (exact) mass is 356 g/mol. The molecule has 5 nitrogen and oxygen atoms in total. The summed E-state index contributed by atoms with van der Waals surface area (Å²) in [5.41, 5.74) is 1.61. The van der Waals surface area contributed by atoms with E-state index in [2.05, 4.69) is 10.00 Å². The largest absolute Gasteiger partial charge is 0.336 e. The molecule has 0 unspecified atom stereocenters. The van der Waals surface area contributed by atoms with Crippen LogP contribution in [0.1, 0.15) is 41.7 Å². The molecule has 1 aliphatic carbocycles. The highest BCUT2D eigenvalue weighted by Crippen LogP contribution is 2.25. The first-order chi connectivity index (χ1) is 12.6. The van der Waals surface area contributed by atoms with Crippen molar-refractivity contribution in [1.29, 1.82) is 0 Å². The van der Waals surface area contributed by atoms with Gasteiger partial charge in [-0.3, -0.25) is 9.69 Å². The Bertz CT molecular complexity index is 789. The van der Waals surface area contributed by atoms with Crippen LogP contribution in [-0.4, -0.2) is 57.7 Å². The van der Waals surface area contributed by atoms with Gasteiger partial charge in [0.05, 0.1) is 17.5 Å². The van der Waals surface area contributed by atoms with Gasteiger partial charge >= 0.3 is 0 Å². The van der Waals surface area contributed by atoms with Crippen molar-refractivity contribution >= 4 is 5.91 Å². The zero-order chi connectivity index (χ0) is 18.1. The topological polar surface area (TPSA) is 41.4 Å². The van der Waals surface area contributed by atoms with E-state index in [9.17, 15) is 9.18 Å². The molecule has 6 heteroatoms. The molecule has 2 fully saturated rings. The molecular formula is C20H25FN4O. The molecular weight excluding hydrogens is 331 g/mol.